The van der Waals surface area contributed by atoms with Crippen LogP contribution < -0.4 is 5.73 Å². The van der Waals surface area contributed by atoms with E-state index in [9.17, 15) is 4.79 Å². The first-order chi connectivity index (χ1) is 8.19. The fourth-order valence-corrected chi connectivity index (χ4v) is 2.28. The first-order valence-corrected chi connectivity index (χ1v) is 7.61. The van der Waals surface area contributed by atoms with E-state index in [1.165, 1.54) is 0 Å². The van der Waals surface area contributed by atoms with Crippen LogP contribution in [-0.4, -0.2) is 54.7 Å². The van der Waals surface area contributed by atoms with Crippen LogP contribution in [0.1, 0.15) is 26.2 Å². The summed E-state index contributed by atoms with van der Waals surface area (Å²) in [6, 6.07) is 0. The van der Waals surface area contributed by atoms with Crippen molar-refractivity contribution in [3.63, 3.8) is 0 Å². The molecular weight excluding hydrogens is 236 g/mol. The van der Waals surface area contributed by atoms with Gasteiger partial charge in [0.15, 0.2) is 0 Å². The number of likely N-dealkylation sites (tertiary alicyclic amines) is 1. The van der Waals surface area contributed by atoms with Gasteiger partial charge in [-0.2, -0.15) is 11.8 Å². The summed E-state index contributed by atoms with van der Waals surface area (Å²) in [5.41, 5.74) is 5.42. The van der Waals surface area contributed by atoms with Gasteiger partial charge in [0.2, 0.25) is 5.91 Å². The van der Waals surface area contributed by atoms with Gasteiger partial charge in [-0.15, -0.1) is 0 Å². The number of carbonyl (C=O) groups excluding carboxylic acids is 1. The molecule has 4 nitrogen and oxygen atoms in total. The Morgan fingerprint density at radius 2 is 2.18 bits per heavy atom. The minimum absolute atomic E-state index is 0.0738. The van der Waals surface area contributed by atoms with Crippen molar-refractivity contribution in [3.05, 3.63) is 0 Å². The fourth-order valence-electron chi connectivity index (χ4n) is 1.93. The van der Waals surface area contributed by atoms with E-state index in [4.69, 9.17) is 10.5 Å². The number of hydrogen-bond acceptors (Lipinski definition) is 4. The lowest BCUT2D eigenvalue weighted by atomic mass is 10.1. The molecule has 0 unspecified atom stereocenters. The van der Waals surface area contributed by atoms with E-state index in [2.05, 4.69) is 0 Å². The molecule has 0 saturated carbocycles. The molecule has 1 rings (SSSR count). The molecule has 1 aliphatic heterocycles. The predicted molar refractivity (Wildman–Crippen MR) is 72.2 cm³/mol. The quantitative estimate of drug-likeness (QED) is 0.727. The SMILES string of the molecule is CS[C@@H](C)C(=O)N1CCC(OCCCN)CC1. The molecule has 0 aliphatic carbocycles. The molecule has 1 saturated heterocycles. The Bertz CT molecular complexity index is 231. The van der Waals surface area contributed by atoms with Crippen LogP contribution in [-0.2, 0) is 9.53 Å². The molecule has 0 aromatic heterocycles. The van der Waals surface area contributed by atoms with Gasteiger partial charge in [-0.05, 0) is 39.0 Å². The molecule has 0 spiro atoms. The molecule has 1 heterocycles. The molecule has 17 heavy (non-hydrogen) atoms. The summed E-state index contributed by atoms with van der Waals surface area (Å²) in [4.78, 5) is 13.9. The largest absolute Gasteiger partial charge is 0.378 e. The van der Waals surface area contributed by atoms with E-state index >= 15 is 0 Å². The second kappa shape index (κ2) is 7.95. The maximum Gasteiger partial charge on any atom is 0.235 e. The van der Waals surface area contributed by atoms with Gasteiger partial charge in [-0.25, -0.2) is 0 Å². The molecular formula is C12H24N2O2S. The number of hydrogen-bond donors (Lipinski definition) is 1. The van der Waals surface area contributed by atoms with Crippen molar-refractivity contribution in [2.24, 2.45) is 5.73 Å². The predicted octanol–water partition coefficient (Wildman–Crippen LogP) is 1.09. The number of nitrogens with zero attached hydrogens (tertiary/aromatic N) is 1. The van der Waals surface area contributed by atoms with Crippen molar-refractivity contribution in [2.45, 2.75) is 37.5 Å². The van der Waals surface area contributed by atoms with Gasteiger partial charge in [-0.1, -0.05) is 0 Å². The van der Waals surface area contributed by atoms with Gasteiger partial charge in [0.1, 0.15) is 0 Å². The molecule has 0 bridgehead atoms. The van der Waals surface area contributed by atoms with E-state index in [1.54, 1.807) is 11.8 Å². The van der Waals surface area contributed by atoms with Gasteiger partial charge < -0.3 is 15.4 Å². The number of ether oxygens (including phenoxy) is 1. The second-order valence-corrected chi connectivity index (χ2v) is 5.59. The van der Waals surface area contributed by atoms with Gasteiger partial charge in [-0.3, -0.25) is 4.79 Å². The zero-order chi connectivity index (χ0) is 12.7. The standard InChI is InChI=1S/C12H24N2O2S/c1-10(17-2)12(15)14-7-4-11(5-8-14)16-9-3-6-13/h10-11H,3-9,13H2,1-2H3/t10-/m0/s1. The molecule has 1 fully saturated rings. The average Bonchev–Trinajstić information content (AvgIpc) is 2.38. The Morgan fingerprint density at radius 3 is 2.71 bits per heavy atom. The van der Waals surface area contributed by atoms with Crippen LogP contribution >= 0.6 is 11.8 Å². The van der Waals surface area contributed by atoms with Crippen LogP contribution in [0.3, 0.4) is 0 Å². The van der Waals surface area contributed by atoms with Gasteiger partial charge >= 0.3 is 0 Å². The average molecular weight is 260 g/mol. The highest BCUT2D eigenvalue weighted by atomic mass is 32.2. The number of rotatable bonds is 6. The molecule has 1 aliphatic rings. The lowest BCUT2D eigenvalue weighted by Gasteiger charge is -2.33. The fraction of sp³-hybridized carbons (Fsp3) is 0.917. The number of nitrogens with two attached hydrogens (primary N) is 1. The van der Waals surface area contributed by atoms with Crippen molar-refractivity contribution < 1.29 is 9.53 Å². The molecule has 5 heteroatoms. The Kier molecular flexibility index (Phi) is 6.92. The van der Waals surface area contributed by atoms with Crippen LogP contribution in [0.2, 0.25) is 0 Å². The third kappa shape index (κ3) is 4.85. The Hall–Kier alpha value is -0.260. The summed E-state index contributed by atoms with van der Waals surface area (Å²) < 4.78 is 5.72. The number of carbonyl (C=O) groups is 1. The van der Waals surface area contributed by atoms with Crippen molar-refractivity contribution in [2.75, 3.05) is 32.5 Å². The lowest BCUT2D eigenvalue weighted by Crippen LogP contribution is -2.44. The summed E-state index contributed by atoms with van der Waals surface area (Å²) in [7, 11) is 0. The summed E-state index contributed by atoms with van der Waals surface area (Å²) >= 11 is 1.61. The summed E-state index contributed by atoms with van der Waals surface area (Å²) in [5, 5.41) is 0.0738. The first-order valence-electron chi connectivity index (χ1n) is 6.32. The van der Waals surface area contributed by atoms with Crippen LogP contribution in [0.25, 0.3) is 0 Å². The van der Waals surface area contributed by atoms with Crippen molar-refractivity contribution in [1.82, 2.24) is 4.90 Å². The van der Waals surface area contributed by atoms with Gasteiger partial charge in [0, 0.05) is 19.7 Å². The summed E-state index contributed by atoms with van der Waals surface area (Å²) in [5.74, 6) is 0.262. The van der Waals surface area contributed by atoms with E-state index in [0.717, 1.165) is 39.0 Å². The first kappa shape index (κ1) is 14.8. The molecule has 1 atom stereocenters. The Labute approximate surface area is 108 Å². The van der Waals surface area contributed by atoms with Crippen molar-refractivity contribution in [1.29, 1.82) is 0 Å². The zero-order valence-electron chi connectivity index (χ0n) is 10.9. The Morgan fingerprint density at radius 1 is 1.53 bits per heavy atom. The van der Waals surface area contributed by atoms with Crippen LogP contribution in [0.5, 0.6) is 0 Å². The highest BCUT2D eigenvalue weighted by Crippen LogP contribution is 2.17. The van der Waals surface area contributed by atoms with E-state index in [1.807, 2.05) is 18.1 Å². The van der Waals surface area contributed by atoms with Crippen molar-refractivity contribution in [3.8, 4) is 0 Å². The Balaban J connectivity index is 2.23. The van der Waals surface area contributed by atoms with E-state index in [-0.39, 0.29) is 11.2 Å². The molecule has 1 amide bonds. The molecule has 0 aromatic carbocycles. The van der Waals surface area contributed by atoms with Crippen LogP contribution in [0, 0.1) is 0 Å². The maximum absolute atomic E-state index is 11.9. The van der Waals surface area contributed by atoms with Crippen molar-refractivity contribution >= 4 is 17.7 Å². The maximum atomic E-state index is 11.9. The van der Waals surface area contributed by atoms with Crippen LogP contribution in [0.15, 0.2) is 0 Å². The smallest absolute Gasteiger partial charge is 0.235 e. The highest BCUT2D eigenvalue weighted by Gasteiger charge is 2.25. The van der Waals surface area contributed by atoms with E-state index in [0.29, 0.717) is 12.6 Å². The monoisotopic (exact) mass is 260 g/mol. The van der Waals surface area contributed by atoms with Gasteiger partial charge in [0.25, 0.3) is 0 Å². The second-order valence-electron chi connectivity index (χ2n) is 4.42. The third-order valence-corrected chi connectivity index (χ3v) is 4.07. The number of thioether (sulfide) groups is 1. The normalized spacial score (nSPS) is 19.4. The summed E-state index contributed by atoms with van der Waals surface area (Å²) in [6.07, 6.45) is 5.12. The molecule has 0 radical (unpaired) electrons. The molecule has 100 valence electrons. The third-order valence-electron chi connectivity index (χ3n) is 3.16. The van der Waals surface area contributed by atoms with Crippen LogP contribution in [0.4, 0.5) is 0 Å². The summed E-state index contributed by atoms with van der Waals surface area (Å²) in [6.45, 7) is 5.06. The van der Waals surface area contributed by atoms with E-state index < -0.39 is 0 Å². The minimum Gasteiger partial charge on any atom is -0.378 e. The van der Waals surface area contributed by atoms with Gasteiger partial charge in [0.05, 0.1) is 11.4 Å². The minimum atomic E-state index is 0.0738. The molecule has 0 aromatic rings. The molecule has 2 N–H and O–H groups in total. The number of amides is 1. The topological polar surface area (TPSA) is 55.6 Å². The number of piperidine rings is 1. The highest BCUT2D eigenvalue weighted by molar-refractivity contribution is 7.99. The zero-order valence-corrected chi connectivity index (χ0v) is 11.7. The lowest BCUT2D eigenvalue weighted by molar-refractivity contribution is -0.132.